The Morgan fingerprint density at radius 1 is 1.36 bits per heavy atom. The summed E-state index contributed by atoms with van der Waals surface area (Å²) in [5.41, 5.74) is 5.33. The normalized spacial score (nSPS) is 11.2. The second-order valence-electron chi connectivity index (χ2n) is 4.23. The second-order valence-corrected chi connectivity index (χ2v) is 6.55. The predicted octanol–water partition coefficient (Wildman–Crippen LogP) is 0.703. The minimum atomic E-state index is -3.74. The highest BCUT2D eigenvalue weighted by Gasteiger charge is 2.25. The Morgan fingerprint density at radius 3 is 2.55 bits per heavy atom. The largest absolute Gasteiger partial charge is 0.480 e. The van der Waals surface area contributed by atoms with Crippen LogP contribution in [0.4, 0.5) is 0 Å². The van der Waals surface area contributed by atoms with E-state index in [4.69, 9.17) is 22.1 Å². The molecule has 0 spiro atoms. The highest BCUT2D eigenvalue weighted by molar-refractivity contribution is 7.90. The Hall–Kier alpha value is -2.26. The van der Waals surface area contributed by atoms with Crippen LogP contribution in [0.1, 0.15) is 10.4 Å². The number of carbonyl (C=O) groups excluding carboxylic acids is 1. The lowest BCUT2D eigenvalue weighted by atomic mass is 10.1. The average Bonchev–Trinajstić information content (AvgIpc) is 2.45. The van der Waals surface area contributed by atoms with Crippen molar-refractivity contribution in [3.63, 3.8) is 0 Å². The first-order valence-electron chi connectivity index (χ1n) is 5.81. The first kappa shape index (κ1) is 16.1. The standard InChI is InChI=1S/C12H11ClN4O4S/c1-21-11-8(10(14)18)9(6-5-15-4-3-7(6)13)16-12(17-11)22(2,19)20/h3-5H,1-2H3,(H2,14,18). The number of primary amides is 1. The van der Waals surface area contributed by atoms with Gasteiger partial charge in [0.05, 0.1) is 17.8 Å². The van der Waals surface area contributed by atoms with Crippen molar-refractivity contribution in [2.24, 2.45) is 5.73 Å². The topological polar surface area (TPSA) is 125 Å². The van der Waals surface area contributed by atoms with Gasteiger partial charge in [0.2, 0.25) is 15.7 Å². The van der Waals surface area contributed by atoms with Gasteiger partial charge in [-0.2, -0.15) is 4.98 Å². The van der Waals surface area contributed by atoms with Crippen LogP contribution in [0.25, 0.3) is 11.3 Å². The zero-order valence-electron chi connectivity index (χ0n) is 11.6. The van der Waals surface area contributed by atoms with Gasteiger partial charge in [-0.25, -0.2) is 13.4 Å². The number of hydrogen-bond acceptors (Lipinski definition) is 7. The molecule has 2 aromatic rings. The van der Waals surface area contributed by atoms with Crippen molar-refractivity contribution in [1.29, 1.82) is 0 Å². The van der Waals surface area contributed by atoms with Crippen LogP contribution in [0.3, 0.4) is 0 Å². The summed E-state index contributed by atoms with van der Waals surface area (Å²) in [6, 6.07) is 1.47. The molecule has 0 aromatic carbocycles. The Bertz CT molecular complexity index is 854. The van der Waals surface area contributed by atoms with E-state index in [1.807, 2.05) is 0 Å². The van der Waals surface area contributed by atoms with Gasteiger partial charge in [-0.05, 0) is 6.07 Å². The van der Waals surface area contributed by atoms with Crippen molar-refractivity contribution in [3.05, 3.63) is 29.0 Å². The molecule has 0 saturated carbocycles. The average molecular weight is 343 g/mol. The molecule has 0 radical (unpaired) electrons. The molecule has 0 bridgehead atoms. The quantitative estimate of drug-likeness (QED) is 0.810. The molecular formula is C12H11ClN4O4S. The predicted molar refractivity (Wildman–Crippen MR) is 78.5 cm³/mol. The van der Waals surface area contributed by atoms with E-state index in [9.17, 15) is 13.2 Å². The van der Waals surface area contributed by atoms with E-state index < -0.39 is 20.9 Å². The van der Waals surface area contributed by atoms with E-state index in [0.717, 1.165) is 6.26 Å². The zero-order chi connectivity index (χ0) is 16.5. The molecule has 2 N–H and O–H groups in total. The van der Waals surface area contributed by atoms with Crippen molar-refractivity contribution in [2.45, 2.75) is 5.16 Å². The maximum atomic E-state index is 11.7. The van der Waals surface area contributed by atoms with Gasteiger partial charge in [-0.15, -0.1) is 0 Å². The SMILES string of the molecule is COc1nc(S(C)(=O)=O)nc(-c2cnccc2Cl)c1C(N)=O. The first-order valence-corrected chi connectivity index (χ1v) is 8.08. The molecule has 8 nitrogen and oxygen atoms in total. The third kappa shape index (κ3) is 3.00. The van der Waals surface area contributed by atoms with E-state index in [0.29, 0.717) is 0 Å². The van der Waals surface area contributed by atoms with Crippen LogP contribution in [0.2, 0.25) is 5.02 Å². The van der Waals surface area contributed by atoms with E-state index in [2.05, 4.69) is 15.0 Å². The van der Waals surface area contributed by atoms with Crippen LogP contribution >= 0.6 is 11.6 Å². The number of hydrogen-bond donors (Lipinski definition) is 1. The molecule has 0 aliphatic rings. The number of sulfone groups is 1. The fourth-order valence-corrected chi connectivity index (χ4v) is 2.40. The van der Waals surface area contributed by atoms with Gasteiger partial charge >= 0.3 is 0 Å². The molecule has 2 heterocycles. The molecule has 22 heavy (non-hydrogen) atoms. The lowest BCUT2D eigenvalue weighted by molar-refractivity contribution is 0.0996. The lowest BCUT2D eigenvalue weighted by Gasteiger charge is -2.12. The van der Waals surface area contributed by atoms with Crippen molar-refractivity contribution in [1.82, 2.24) is 15.0 Å². The number of amides is 1. The molecule has 0 aliphatic heterocycles. The van der Waals surface area contributed by atoms with Crippen molar-refractivity contribution >= 4 is 27.3 Å². The maximum absolute atomic E-state index is 11.7. The number of ether oxygens (including phenoxy) is 1. The number of nitrogens with two attached hydrogens (primary N) is 1. The van der Waals surface area contributed by atoms with Crippen LogP contribution in [-0.4, -0.2) is 42.6 Å². The molecule has 0 saturated heterocycles. The Kier molecular flexibility index (Phi) is 4.29. The van der Waals surface area contributed by atoms with Crippen LogP contribution in [0.15, 0.2) is 23.6 Å². The van der Waals surface area contributed by atoms with Crippen LogP contribution in [0.5, 0.6) is 5.88 Å². The Morgan fingerprint density at radius 2 is 2.05 bits per heavy atom. The summed E-state index contributed by atoms with van der Waals surface area (Å²) in [5.74, 6) is -1.13. The lowest BCUT2D eigenvalue weighted by Crippen LogP contribution is -2.18. The molecule has 0 unspecified atom stereocenters. The molecule has 10 heteroatoms. The van der Waals surface area contributed by atoms with Gasteiger partial charge in [0.1, 0.15) is 5.56 Å². The summed E-state index contributed by atoms with van der Waals surface area (Å²) in [5, 5.41) is -0.290. The van der Waals surface area contributed by atoms with Crippen LogP contribution in [0, 0.1) is 0 Å². The molecule has 2 rings (SSSR count). The Balaban J connectivity index is 2.91. The van der Waals surface area contributed by atoms with Gasteiger partial charge in [0.15, 0.2) is 0 Å². The molecule has 2 aromatic heterocycles. The van der Waals surface area contributed by atoms with E-state index in [1.165, 1.54) is 25.6 Å². The van der Waals surface area contributed by atoms with Gasteiger partial charge in [0, 0.05) is 24.2 Å². The van der Waals surface area contributed by atoms with Crippen molar-refractivity contribution in [3.8, 4) is 17.1 Å². The smallest absolute Gasteiger partial charge is 0.256 e. The molecule has 116 valence electrons. The van der Waals surface area contributed by atoms with Gasteiger partial charge in [0.25, 0.3) is 11.1 Å². The molecule has 1 amide bonds. The summed E-state index contributed by atoms with van der Waals surface area (Å²) < 4.78 is 28.4. The van der Waals surface area contributed by atoms with Gasteiger partial charge < -0.3 is 10.5 Å². The van der Waals surface area contributed by atoms with Crippen molar-refractivity contribution < 1.29 is 17.9 Å². The third-order valence-corrected chi connectivity index (χ3v) is 3.83. The second kappa shape index (κ2) is 5.85. The number of halogens is 1. The first-order chi connectivity index (χ1) is 10.3. The summed E-state index contributed by atoms with van der Waals surface area (Å²) >= 11 is 6.05. The number of carbonyl (C=O) groups is 1. The Labute approximate surface area is 131 Å². The minimum Gasteiger partial charge on any atom is -0.480 e. The van der Waals surface area contributed by atoms with Crippen LogP contribution in [-0.2, 0) is 9.84 Å². The maximum Gasteiger partial charge on any atom is 0.256 e. The fraction of sp³-hybridized carbons (Fsp3) is 0.167. The highest BCUT2D eigenvalue weighted by atomic mass is 35.5. The third-order valence-electron chi connectivity index (χ3n) is 2.65. The van der Waals surface area contributed by atoms with Gasteiger partial charge in [-0.1, -0.05) is 11.6 Å². The number of methoxy groups -OCH3 is 1. The summed E-state index contributed by atoms with van der Waals surface area (Å²) in [6.07, 6.45) is 3.70. The summed E-state index contributed by atoms with van der Waals surface area (Å²) in [7, 11) is -2.51. The van der Waals surface area contributed by atoms with E-state index in [-0.39, 0.29) is 27.7 Å². The molecule has 0 fully saturated rings. The minimum absolute atomic E-state index is 0.0575. The molecule has 0 aliphatic carbocycles. The summed E-state index contributed by atoms with van der Waals surface area (Å²) in [4.78, 5) is 23.2. The summed E-state index contributed by atoms with van der Waals surface area (Å²) in [6.45, 7) is 0. The molecular weight excluding hydrogens is 332 g/mol. The van der Waals surface area contributed by atoms with Gasteiger partial charge in [-0.3, -0.25) is 9.78 Å². The number of nitrogens with zero attached hydrogens (tertiary/aromatic N) is 3. The molecule has 0 atom stereocenters. The van der Waals surface area contributed by atoms with Crippen molar-refractivity contribution in [2.75, 3.05) is 13.4 Å². The van der Waals surface area contributed by atoms with E-state index >= 15 is 0 Å². The number of aromatic nitrogens is 3. The number of rotatable bonds is 4. The highest BCUT2D eigenvalue weighted by Crippen LogP contribution is 2.32. The van der Waals surface area contributed by atoms with Crippen LogP contribution < -0.4 is 10.5 Å². The monoisotopic (exact) mass is 342 g/mol. The zero-order valence-corrected chi connectivity index (χ0v) is 13.1. The fourth-order valence-electron chi connectivity index (χ4n) is 1.70. The van der Waals surface area contributed by atoms with E-state index in [1.54, 1.807) is 0 Å². The number of pyridine rings is 1.